The summed E-state index contributed by atoms with van der Waals surface area (Å²) in [6.07, 6.45) is -0.571. The standard InChI is InChI=1S/C17H19BrO/c1-10-8-11(2)16(12(3)9-10)17(19)14-6-5-7-15(18)13(14)4/h5-9,17,19H,1-4H3. The fraction of sp³-hybridized carbons (Fsp3) is 0.294. The molecule has 2 aromatic carbocycles. The highest BCUT2D eigenvalue weighted by atomic mass is 79.9. The van der Waals surface area contributed by atoms with Crippen LogP contribution >= 0.6 is 15.9 Å². The van der Waals surface area contributed by atoms with E-state index < -0.39 is 6.10 Å². The summed E-state index contributed by atoms with van der Waals surface area (Å²) in [6.45, 7) is 8.24. The minimum Gasteiger partial charge on any atom is -0.384 e. The summed E-state index contributed by atoms with van der Waals surface area (Å²) in [5.41, 5.74) is 6.59. The van der Waals surface area contributed by atoms with E-state index in [1.54, 1.807) is 0 Å². The summed E-state index contributed by atoms with van der Waals surface area (Å²) < 4.78 is 1.03. The Kier molecular flexibility index (Phi) is 4.12. The Hall–Kier alpha value is -1.12. The summed E-state index contributed by atoms with van der Waals surface area (Å²) in [5, 5.41) is 10.7. The lowest BCUT2D eigenvalue weighted by Crippen LogP contribution is -2.07. The second-order valence-corrected chi connectivity index (χ2v) is 6.02. The van der Waals surface area contributed by atoms with Crippen molar-refractivity contribution in [1.82, 2.24) is 0 Å². The van der Waals surface area contributed by atoms with Crippen LogP contribution < -0.4 is 0 Å². The van der Waals surface area contributed by atoms with Crippen molar-refractivity contribution in [3.63, 3.8) is 0 Å². The first-order chi connectivity index (χ1) is 8.91. The predicted octanol–water partition coefficient (Wildman–Crippen LogP) is 4.76. The van der Waals surface area contributed by atoms with E-state index in [1.807, 2.05) is 25.1 Å². The van der Waals surface area contributed by atoms with Crippen molar-refractivity contribution in [2.45, 2.75) is 33.8 Å². The highest BCUT2D eigenvalue weighted by Crippen LogP contribution is 2.32. The third-order valence-corrected chi connectivity index (χ3v) is 4.47. The van der Waals surface area contributed by atoms with E-state index in [2.05, 4.69) is 48.8 Å². The molecule has 0 aliphatic carbocycles. The monoisotopic (exact) mass is 318 g/mol. The van der Waals surface area contributed by atoms with Gasteiger partial charge in [0.25, 0.3) is 0 Å². The van der Waals surface area contributed by atoms with Crippen molar-refractivity contribution >= 4 is 15.9 Å². The van der Waals surface area contributed by atoms with Crippen LogP contribution in [0.2, 0.25) is 0 Å². The van der Waals surface area contributed by atoms with Gasteiger partial charge >= 0.3 is 0 Å². The van der Waals surface area contributed by atoms with Crippen molar-refractivity contribution in [1.29, 1.82) is 0 Å². The Bertz CT molecular complexity index is 594. The van der Waals surface area contributed by atoms with Crippen molar-refractivity contribution in [3.05, 3.63) is 68.2 Å². The molecule has 0 spiro atoms. The number of rotatable bonds is 2. The Morgan fingerprint density at radius 2 is 1.58 bits per heavy atom. The third-order valence-electron chi connectivity index (χ3n) is 3.62. The molecule has 0 aromatic heterocycles. The van der Waals surface area contributed by atoms with Crippen molar-refractivity contribution < 1.29 is 5.11 Å². The largest absolute Gasteiger partial charge is 0.384 e. The molecule has 0 aliphatic rings. The Morgan fingerprint density at radius 1 is 1.00 bits per heavy atom. The molecule has 1 N–H and O–H groups in total. The van der Waals surface area contributed by atoms with Gasteiger partial charge in [-0.05, 0) is 61.6 Å². The van der Waals surface area contributed by atoms with Gasteiger partial charge in [0.15, 0.2) is 0 Å². The SMILES string of the molecule is Cc1cc(C)c(C(O)c2cccc(Br)c2C)c(C)c1. The molecule has 0 heterocycles. The number of aliphatic hydroxyl groups excluding tert-OH is 1. The van der Waals surface area contributed by atoms with Gasteiger partial charge in [0.2, 0.25) is 0 Å². The molecule has 0 bridgehead atoms. The maximum atomic E-state index is 10.7. The van der Waals surface area contributed by atoms with Crippen LogP contribution in [0.25, 0.3) is 0 Å². The average molecular weight is 319 g/mol. The van der Waals surface area contributed by atoms with Crippen LogP contribution in [0.15, 0.2) is 34.8 Å². The molecule has 19 heavy (non-hydrogen) atoms. The Balaban J connectivity index is 2.56. The van der Waals surface area contributed by atoms with Gasteiger partial charge in [0, 0.05) is 4.47 Å². The fourth-order valence-corrected chi connectivity index (χ4v) is 3.08. The first kappa shape index (κ1) is 14.3. The van der Waals surface area contributed by atoms with Gasteiger partial charge < -0.3 is 5.11 Å². The number of hydrogen-bond acceptors (Lipinski definition) is 1. The van der Waals surface area contributed by atoms with E-state index in [1.165, 1.54) is 5.56 Å². The highest BCUT2D eigenvalue weighted by molar-refractivity contribution is 9.10. The molecule has 0 aliphatic heterocycles. The second-order valence-electron chi connectivity index (χ2n) is 5.17. The van der Waals surface area contributed by atoms with Gasteiger partial charge in [0.1, 0.15) is 6.10 Å². The lowest BCUT2D eigenvalue weighted by molar-refractivity contribution is 0.218. The summed E-state index contributed by atoms with van der Waals surface area (Å²) >= 11 is 3.52. The minimum absolute atomic E-state index is 0.571. The van der Waals surface area contributed by atoms with Crippen LogP contribution in [0.1, 0.15) is 39.5 Å². The molecule has 0 saturated carbocycles. The van der Waals surface area contributed by atoms with Gasteiger partial charge in [0.05, 0.1) is 0 Å². The van der Waals surface area contributed by atoms with Crippen molar-refractivity contribution in [2.75, 3.05) is 0 Å². The quantitative estimate of drug-likeness (QED) is 0.846. The smallest absolute Gasteiger partial charge is 0.105 e. The number of aliphatic hydroxyl groups is 1. The summed E-state index contributed by atoms with van der Waals surface area (Å²) in [4.78, 5) is 0. The summed E-state index contributed by atoms with van der Waals surface area (Å²) in [5.74, 6) is 0. The van der Waals surface area contributed by atoms with Crippen LogP contribution in [0.4, 0.5) is 0 Å². The third kappa shape index (κ3) is 2.75. The molecule has 0 amide bonds. The molecular weight excluding hydrogens is 300 g/mol. The van der Waals surface area contributed by atoms with Gasteiger partial charge in [-0.1, -0.05) is 45.8 Å². The zero-order valence-electron chi connectivity index (χ0n) is 11.8. The topological polar surface area (TPSA) is 20.2 Å². The minimum atomic E-state index is -0.571. The van der Waals surface area contributed by atoms with E-state index in [-0.39, 0.29) is 0 Å². The maximum absolute atomic E-state index is 10.7. The first-order valence-corrected chi connectivity index (χ1v) is 7.22. The molecule has 0 fully saturated rings. The van der Waals surface area contributed by atoms with Crippen LogP contribution in [-0.2, 0) is 0 Å². The molecule has 2 aromatic rings. The van der Waals surface area contributed by atoms with Crippen molar-refractivity contribution in [3.8, 4) is 0 Å². The Labute approximate surface area is 123 Å². The van der Waals surface area contributed by atoms with E-state index in [0.717, 1.165) is 32.3 Å². The molecule has 1 atom stereocenters. The van der Waals surface area contributed by atoms with Crippen molar-refractivity contribution in [2.24, 2.45) is 0 Å². The number of benzene rings is 2. The van der Waals surface area contributed by atoms with Crippen LogP contribution in [0.5, 0.6) is 0 Å². The molecule has 2 rings (SSSR count). The van der Waals surface area contributed by atoms with Gasteiger partial charge in [-0.3, -0.25) is 0 Å². The van der Waals surface area contributed by atoms with Crippen LogP contribution in [-0.4, -0.2) is 5.11 Å². The van der Waals surface area contributed by atoms with E-state index in [4.69, 9.17) is 0 Å². The van der Waals surface area contributed by atoms with Gasteiger partial charge in [-0.25, -0.2) is 0 Å². The molecular formula is C17H19BrO. The fourth-order valence-electron chi connectivity index (χ4n) is 2.70. The zero-order chi connectivity index (χ0) is 14.2. The Morgan fingerprint density at radius 3 is 2.16 bits per heavy atom. The normalized spacial score (nSPS) is 12.5. The first-order valence-electron chi connectivity index (χ1n) is 6.42. The molecule has 1 nitrogen and oxygen atoms in total. The number of hydrogen-bond donors (Lipinski definition) is 1. The summed E-state index contributed by atoms with van der Waals surface area (Å²) in [7, 11) is 0. The summed E-state index contributed by atoms with van der Waals surface area (Å²) in [6, 6.07) is 10.2. The van der Waals surface area contributed by atoms with Crippen LogP contribution in [0, 0.1) is 27.7 Å². The molecule has 2 heteroatoms. The predicted molar refractivity (Wildman–Crippen MR) is 83.6 cm³/mol. The highest BCUT2D eigenvalue weighted by Gasteiger charge is 2.18. The van der Waals surface area contributed by atoms with Gasteiger partial charge in [-0.15, -0.1) is 0 Å². The maximum Gasteiger partial charge on any atom is 0.105 e. The van der Waals surface area contributed by atoms with E-state index in [9.17, 15) is 5.11 Å². The molecule has 100 valence electrons. The van der Waals surface area contributed by atoms with Gasteiger partial charge in [-0.2, -0.15) is 0 Å². The molecule has 1 unspecified atom stereocenters. The number of halogens is 1. The lowest BCUT2D eigenvalue weighted by Gasteiger charge is -2.20. The second kappa shape index (κ2) is 5.48. The van der Waals surface area contributed by atoms with E-state index >= 15 is 0 Å². The molecule has 0 saturated heterocycles. The lowest BCUT2D eigenvalue weighted by atomic mass is 9.90. The van der Waals surface area contributed by atoms with Crippen LogP contribution in [0.3, 0.4) is 0 Å². The average Bonchev–Trinajstić information content (AvgIpc) is 2.31. The number of aryl methyl sites for hydroxylation is 3. The molecule has 0 radical (unpaired) electrons. The zero-order valence-corrected chi connectivity index (χ0v) is 13.4. The van der Waals surface area contributed by atoms with E-state index in [0.29, 0.717) is 0 Å².